The number of carbonyl (C=O) groups excluding carboxylic acids is 1. The fourth-order valence-electron chi connectivity index (χ4n) is 2.28. The normalized spacial score (nSPS) is 25.1. The number of nitrogens with two attached hydrogens (primary N) is 1. The van der Waals surface area contributed by atoms with E-state index < -0.39 is 0 Å². The summed E-state index contributed by atoms with van der Waals surface area (Å²) in [5.74, 6) is 1.02. The summed E-state index contributed by atoms with van der Waals surface area (Å²) in [5.41, 5.74) is 5.73. The molecule has 1 fully saturated rings. The summed E-state index contributed by atoms with van der Waals surface area (Å²) in [6.07, 6.45) is 5.00. The van der Waals surface area contributed by atoms with Crippen LogP contribution in [-0.4, -0.2) is 29.9 Å². The molecule has 1 aliphatic heterocycles. The highest BCUT2D eigenvalue weighted by Crippen LogP contribution is 2.22. The lowest BCUT2D eigenvalue weighted by Crippen LogP contribution is -2.49. The lowest BCUT2D eigenvalue weighted by Gasteiger charge is -2.38. The fraction of sp³-hybridized carbons (Fsp3) is 0.917. The summed E-state index contributed by atoms with van der Waals surface area (Å²) in [6.45, 7) is 5.89. The summed E-state index contributed by atoms with van der Waals surface area (Å²) in [6, 6.07) is 0.290. The van der Waals surface area contributed by atoms with Crippen LogP contribution >= 0.6 is 12.4 Å². The van der Waals surface area contributed by atoms with Crippen LogP contribution in [-0.2, 0) is 4.79 Å². The third kappa shape index (κ3) is 4.30. The molecule has 0 saturated carbocycles. The number of likely N-dealkylation sites (tertiary alicyclic amines) is 1. The number of amides is 1. The maximum Gasteiger partial charge on any atom is 0.222 e. The molecule has 2 N–H and O–H groups in total. The van der Waals surface area contributed by atoms with Gasteiger partial charge in [0.15, 0.2) is 0 Å². The summed E-state index contributed by atoms with van der Waals surface area (Å²) < 4.78 is 0. The van der Waals surface area contributed by atoms with Gasteiger partial charge in [0, 0.05) is 25.6 Å². The summed E-state index contributed by atoms with van der Waals surface area (Å²) in [4.78, 5) is 13.9. The monoisotopic (exact) mass is 248 g/mol. The summed E-state index contributed by atoms with van der Waals surface area (Å²) in [5, 5.41) is 0. The number of nitrogens with zero attached hydrogens (tertiary/aromatic N) is 1. The van der Waals surface area contributed by atoms with Crippen molar-refractivity contribution < 1.29 is 4.79 Å². The first-order chi connectivity index (χ1) is 7.19. The molecule has 1 amide bonds. The third-order valence-corrected chi connectivity index (χ3v) is 3.31. The smallest absolute Gasteiger partial charge is 0.222 e. The number of rotatable bonds is 4. The van der Waals surface area contributed by atoms with Crippen LogP contribution in [0.1, 0.15) is 46.0 Å². The van der Waals surface area contributed by atoms with Gasteiger partial charge < -0.3 is 10.6 Å². The van der Waals surface area contributed by atoms with Crippen molar-refractivity contribution in [3.8, 4) is 0 Å². The Kier molecular flexibility index (Phi) is 7.77. The van der Waals surface area contributed by atoms with Crippen molar-refractivity contribution >= 4 is 18.3 Å². The first-order valence-electron chi connectivity index (χ1n) is 6.18. The molecule has 2 unspecified atom stereocenters. The largest absolute Gasteiger partial charge is 0.338 e. The van der Waals surface area contributed by atoms with Crippen molar-refractivity contribution in [1.29, 1.82) is 0 Å². The van der Waals surface area contributed by atoms with E-state index in [9.17, 15) is 4.79 Å². The lowest BCUT2D eigenvalue weighted by molar-refractivity contribution is -0.135. The van der Waals surface area contributed by atoms with Crippen molar-refractivity contribution in [3.63, 3.8) is 0 Å². The summed E-state index contributed by atoms with van der Waals surface area (Å²) in [7, 11) is 0. The molecule has 3 nitrogen and oxygen atoms in total. The quantitative estimate of drug-likeness (QED) is 0.829. The summed E-state index contributed by atoms with van der Waals surface area (Å²) >= 11 is 0. The van der Waals surface area contributed by atoms with Gasteiger partial charge in [0.2, 0.25) is 5.91 Å². The van der Waals surface area contributed by atoms with Crippen LogP contribution in [0.4, 0.5) is 0 Å². The Morgan fingerprint density at radius 2 is 2.19 bits per heavy atom. The van der Waals surface area contributed by atoms with Crippen molar-refractivity contribution in [2.45, 2.75) is 52.0 Å². The van der Waals surface area contributed by atoms with Gasteiger partial charge in [-0.25, -0.2) is 0 Å². The maximum atomic E-state index is 11.9. The molecule has 96 valence electrons. The molecule has 0 aliphatic carbocycles. The molecule has 1 aliphatic rings. The van der Waals surface area contributed by atoms with E-state index in [1.54, 1.807) is 0 Å². The van der Waals surface area contributed by atoms with Gasteiger partial charge in [0.05, 0.1) is 0 Å². The van der Waals surface area contributed by atoms with Gasteiger partial charge in [0.25, 0.3) is 0 Å². The van der Waals surface area contributed by atoms with Crippen LogP contribution in [0.3, 0.4) is 0 Å². The van der Waals surface area contributed by atoms with Crippen LogP contribution in [0, 0.1) is 5.92 Å². The molecule has 1 rings (SSSR count). The van der Waals surface area contributed by atoms with Crippen molar-refractivity contribution in [3.05, 3.63) is 0 Å². The van der Waals surface area contributed by atoms with Gasteiger partial charge >= 0.3 is 0 Å². The molecule has 0 spiro atoms. The van der Waals surface area contributed by atoms with Crippen LogP contribution in [0.15, 0.2) is 0 Å². The van der Waals surface area contributed by atoms with Gasteiger partial charge in [-0.3, -0.25) is 4.79 Å². The van der Waals surface area contributed by atoms with E-state index in [2.05, 4.69) is 13.8 Å². The zero-order valence-corrected chi connectivity index (χ0v) is 11.3. The third-order valence-electron chi connectivity index (χ3n) is 3.31. The first-order valence-corrected chi connectivity index (χ1v) is 6.18. The number of piperidine rings is 1. The topological polar surface area (TPSA) is 46.3 Å². The molecule has 0 radical (unpaired) electrons. The van der Waals surface area contributed by atoms with Crippen molar-refractivity contribution in [2.24, 2.45) is 11.7 Å². The molecule has 0 aromatic carbocycles. The van der Waals surface area contributed by atoms with Gasteiger partial charge in [-0.05, 0) is 25.2 Å². The van der Waals surface area contributed by atoms with Crippen LogP contribution < -0.4 is 5.73 Å². The van der Waals surface area contributed by atoms with Gasteiger partial charge in [-0.2, -0.15) is 0 Å². The number of hydrogen-bond acceptors (Lipinski definition) is 2. The lowest BCUT2D eigenvalue weighted by atomic mass is 9.92. The van der Waals surface area contributed by atoms with Gasteiger partial charge in [0.1, 0.15) is 0 Å². The average molecular weight is 249 g/mol. The number of halogens is 1. The van der Waals surface area contributed by atoms with E-state index >= 15 is 0 Å². The van der Waals surface area contributed by atoms with E-state index in [0.717, 1.165) is 32.2 Å². The Balaban J connectivity index is 0.00000225. The molecular formula is C12H25ClN2O. The zero-order valence-electron chi connectivity index (χ0n) is 10.4. The van der Waals surface area contributed by atoms with Crippen LogP contribution in [0.25, 0.3) is 0 Å². The predicted molar refractivity (Wildman–Crippen MR) is 69.7 cm³/mol. The SMILES string of the molecule is CCCCC(=O)N1CCC(C)CC1CN.Cl. The van der Waals surface area contributed by atoms with Crippen molar-refractivity contribution in [2.75, 3.05) is 13.1 Å². The van der Waals surface area contributed by atoms with Gasteiger partial charge in [-0.1, -0.05) is 20.3 Å². The molecular weight excluding hydrogens is 224 g/mol. The van der Waals surface area contributed by atoms with E-state index in [0.29, 0.717) is 24.8 Å². The minimum absolute atomic E-state index is 0. The Labute approximate surface area is 105 Å². The molecule has 4 heteroatoms. The van der Waals surface area contributed by atoms with Gasteiger partial charge in [-0.15, -0.1) is 12.4 Å². The molecule has 2 atom stereocenters. The fourth-order valence-corrected chi connectivity index (χ4v) is 2.28. The Morgan fingerprint density at radius 1 is 1.50 bits per heavy atom. The van der Waals surface area contributed by atoms with E-state index in [4.69, 9.17) is 5.73 Å². The van der Waals surface area contributed by atoms with Crippen LogP contribution in [0.2, 0.25) is 0 Å². The molecule has 16 heavy (non-hydrogen) atoms. The first kappa shape index (κ1) is 15.7. The molecule has 1 saturated heterocycles. The molecule has 1 heterocycles. The highest BCUT2D eigenvalue weighted by Gasteiger charge is 2.28. The Bertz CT molecular complexity index is 211. The standard InChI is InChI=1S/C12H24N2O.ClH/c1-3-4-5-12(15)14-7-6-10(2)8-11(14)9-13;/h10-11H,3-9,13H2,1-2H3;1H. The van der Waals surface area contributed by atoms with E-state index in [1.165, 1.54) is 0 Å². The zero-order chi connectivity index (χ0) is 11.3. The molecule has 0 aromatic heterocycles. The minimum Gasteiger partial charge on any atom is -0.338 e. The van der Waals surface area contributed by atoms with Crippen LogP contribution in [0.5, 0.6) is 0 Å². The Hall–Kier alpha value is -0.280. The number of unbranched alkanes of at least 4 members (excludes halogenated alkanes) is 1. The maximum absolute atomic E-state index is 11.9. The highest BCUT2D eigenvalue weighted by atomic mass is 35.5. The second-order valence-electron chi connectivity index (χ2n) is 4.71. The number of hydrogen-bond donors (Lipinski definition) is 1. The average Bonchev–Trinajstić information content (AvgIpc) is 2.25. The van der Waals surface area contributed by atoms with E-state index in [-0.39, 0.29) is 18.4 Å². The molecule has 0 aromatic rings. The van der Waals surface area contributed by atoms with Crippen molar-refractivity contribution in [1.82, 2.24) is 4.90 Å². The molecule has 0 bridgehead atoms. The Morgan fingerprint density at radius 3 is 2.75 bits per heavy atom. The second-order valence-corrected chi connectivity index (χ2v) is 4.71. The second kappa shape index (κ2) is 7.91. The predicted octanol–water partition coefficient (Wildman–Crippen LogP) is 2.18. The number of carbonyl (C=O) groups is 1. The van der Waals surface area contributed by atoms with E-state index in [1.807, 2.05) is 4.90 Å². The minimum atomic E-state index is 0. The highest BCUT2D eigenvalue weighted by molar-refractivity contribution is 5.85.